The number of primary sulfonamides is 1. The van der Waals surface area contributed by atoms with Gasteiger partial charge in [-0.2, -0.15) is 4.31 Å². The average Bonchev–Trinajstić information content (AvgIpc) is 2.78. The molecule has 4 rings (SSSR count). The van der Waals surface area contributed by atoms with Gasteiger partial charge in [-0.25, -0.2) is 22.0 Å². The molecule has 1 amide bonds. The lowest BCUT2D eigenvalue weighted by molar-refractivity contribution is 0.0697. The van der Waals surface area contributed by atoms with Crippen molar-refractivity contribution in [2.24, 2.45) is 5.14 Å². The quantitative estimate of drug-likeness (QED) is 0.621. The van der Waals surface area contributed by atoms with Crippen molar-refractivity contribution in [2.45, 2.75) is 16.7 Å². The van der Waals surface area contributed by atoms with Crippen molar-refractivity contribution >= 4 is 36.7 Å². The van der Waals surface area contributed by atoms with Gasteiger partial charge < -0.3 is 4.90 Å². The number of carbonyl (C=O) groups excluding carboxylic acids is 1. The fourth-order valence-electron chi connectivity index (χ4n) is 3.79. The number of nitrogens with zero attached hydrogens (tertiary/aromatic N) is 2. The molecule has 10 heteroatoms. The highest BCUT2D eigenvalue weighted by Crippen LogP contribution is 2.24. The number of hydrogen-bond donors (Lipinski definition) is 1. The molecular formula is C22H23N3O5S2. The highest BCUT2D eigenvalue weighted by atomic mass is 32.2. The van der Waals surface area contributed by atoms with Gasteiger partial charge in [0.05, 0.1) is 9.79 Å². The van der Waals surface area contributed by atoms with E-state index in [1.165, 1.54) is 27.4 Å². The standard InChI is InChI=1S/C22H23N3O5S2/c1-16-6-8-19(31(23,27)28)15-21(16)22(26)24-10-12-25(13-11-24)32(29,30)20-9-7-17-4-2-3-5-18(17)14-20/h2-9,14-15H,10-13H2,1H3,(H2,23,27,28). The van der Waals surface area contributed by atoms with E-state index in [1.54, 1.807) is 25.1 Å². The number of sulfonamides is 2. The SMILES string of the molecule is Cc1ccc(S(N)(=O)=O)cc1C(=O)N1CCN(S(=O)(=O)c2ccc3ccccc3c2)CC1. The summed E-state index contributed by atoms with van der Waals surface area (Å²) >= 11 is 0. The van der Waals surface area contributed by atoms with Crippen molar-refractivity contribution in [1.82, 2.24) is 9.21 Å². The van der Waals surface area contributed by atoms with Gasteiger partial charge in [-0.15, -0.1) is 0 Å². The summed E-state index contributed by atoms with van der Waals surface area (Å²) in [6, 6.07) is 16.7. The molecule has 3 aromatic carbocycles. The molecule has 0 unspecified atom stereocenters. The third-order valence-electron chi connectivity index (χ3n) is 5.65. The van der Waals surface area contributed by atoms with Gasteiger partial charge in [0.1, 0.15) is 0 Å². The Bertz CT molecular complexity index is 1410. The molecule has 1 heterocycles. The Kier molecular flexibility index (Phi) is 5.80. The summed E-state index contributed by atoms with van der Waals surface area (Å²) in [7, 11) is -7.64. The minimum atomic E-state index is -3.94. The van der Waals surface area contributed by atoms with E-state index >= 15 is 0 Å². The number of rotatable bonds is 4. The summed E-state index contributed by atoms with van der Waals surface area (Å²) in [5.74, 6) is -0.351. The van der Waals surface area contributed by atoms with Crippen LogP contribution in [0.4, 0.5) is 0 Å². The Labute approximate surface area is 187 Å². The van der Waals surface area contributed by atoms with Crippen LogP contribution in [-0.2, 0) is 20.0 Å². The lowest BCUT2D eigenvalue weighted by Gasteiger charge is -2.34. The van der Waals surface area contributed by atoms with E-state index in [9.17, 15) is 21.6 Å². The maximum atomic E-state index is 13.1. The summed E-state index contributed by atoms with van der Waals surface area (Å²) in [4.78, 5) is 14.6. The number of benzene rings is 3. The predicted molar refractivity (Wildman–Crippen MR) is 121 cm³/mol. The van der Waals surface area contributed by atoms with Crippen LogP contribution in [0.2, 0.25) is 0 Å². The summed E-state index contributed by atoms with van der Waals surface area (Å²) in [6.45, 7) is 2.40. The van der Waals surface area contributed by atoms with Gasteiger partial charge in [0.2, 0.25) is 20.0 Å². The molecule has 0 aliphatic carbocycles. The molecule has 0 atom stereocenters. The van der Waals surface area contributed by atoms with Crippen molar-refractivity contribution < 1.29 is 21.6 Å². The molecule has 8 nitrogen and oxygen atoms in total. The largest absolute Gasteiger partial charge is 0.336 e. The molecule has 1 aliphatic heterocycles. The van der Waals surface area contributed by atoms with Crippen molar-refractivity contribution in [2.75, 3.05) is 26.2 Å². The molecule has 168 valence electrons. The zero-order valence-electron chi connectivity index (χ0n) is 17.4. The van der Waals surface area contributed by atoms with E-state index in [1.807, 2.05) is 24.3 Å². The summed E-state index contributed by atoms with van der Waals surface area (Å²) in [5.41, 5.74) is 0.857. The Morgan fingerprint density at radius 2 is 1.44 bits per heavy atom. The van der Waals surface area contributed by atoms with Crippen LogP contribution in [0.1, 0.15) is 15.9 Å². The maximum absolute atomic E-state index is 13.1. The summed E-state index contributed by atoms with van der Waals surface area (Å²) in [5, 5.41) is 6.98. The Hall–Kier alpha value is -2.79. The summed E-state index contributed by atoms with van der Waals surface area (Å²) < 4.78 is 50.9. The predicted octanol–water partition coefficient (Wildman–Crippen LogP) is 1.94. The molecule has 3 aromatic rings. The van der Waals surface area contributed by atoms with Crippen molar-refractivity contribution in [3.63, 3.8) is 0 Å². The molecule has 1 fully saturated rings. The second kappa shape index (κ2) is 8.28. The lowest BCUT2D eigenvalue weighted by Crippen LogP contribution is -2.50. The van der Waals surface area contributed by atoms with E-state index in [0.29, 0.717) is 5.56 Å². The first-order valence-electron chi connectivity index (χ1n) is 9.99. The van der Waals surface area contributed by atoms with Gasteiger partial charge >= 0.3 is 0 Å². The van der Waals surface area contributed by atoms with E-state index in [4.69, 9.17) is 5.14 Å². The van der Waals surface area contributed by atoms with Gasteiger partial charge in [0.15, 0.2) is 0 Å². The third-order valence-corrected chi connectivity index (χ3v) is 8.46. The lowest BCUT2D eigenvalue weighted by atomic mass is 10.1. The molecule has 2 N–H and O–H groups in total. The highest BCUT2D eigenvalue weighted by Gasteiger charge is 2.31. The molecule has 1 saturated heterocycles. The first kappa shape index (κ1) is 22.4. The fraction of sp³-hybridized carbons (Fsp3) is 0.227. The van der Waals surface area contributed by atoms with Crippen LogP contribution >= 0.6 is 0 Å². The number of nitrogens with two attached hydrogens (primary N) is 1. The van der Waals surface area contributed by atoms with Crippen LogP contribution in [0.25, 0.3) is 10.8 Å². The van der Waals surface area contributed by atoms with Crippen molar-refractivity contribution in [1.29, 1.82) is 0 Å². The first-order chi connectivity index (χ1) is 15.1. The van der Waals surface area contributed by atoms with Gasteiger partial charge in [0, 0.05) is 31.7 Å². The van der Waals surface area contributed by atoms with Crippen molar-refractivity contribution in [3.8, 4) is 0 Å². The molecule has 32 heavy (non-hydrogen) atoms. The molecular weight excluding hydrogens is 450 g/mol. The minimum Gasteiger partial charge on any atom is -0.336 e. The third kappa shape index (κ3) is 4.26. The Morgan fingerprint density at radius 3 is 2.09 bits per heavy atom. The van der Waals surface area contributed by atoms with Crippen LogP contribution in [0.5, 0.6) is 0 Å². The number of hydrogen-bond acceptors (Lipinski definition) is 5. The van der Waals surface area contributed by atoms with Crippen LogP contribution < -0.4 is 5.14 Å². The Balaban J connectivity index is 1.52. The molecule has 0 saturated carbocycles. The smallest absolute Gasteiger partial charge is 0.254 e. The minimum absolute atomic E-state index is 0.135. The van der Waals surface area contributed by atoms with Gasteiger partial charge in [-0.05, 0) is 47.5 Å². The monoisotopic (exact) mass is 473 g/mol. The van der Waals surface area contributed by atoms with Gasteiger partial charge in [0.25, 0.3) is 5.91 Å². The zero-order valence-corrected chi connectivity index (χ0v) is 19.1. The van der Waals surface area contributed by atoms with E-state index in [2.05, 4.69) is 0 Å². The summed E-state index contributed by atoms with van der Waals surface area (Å²) in [6.07, 6.45) is 0. The van der Waals surface area contributed by atoms with Crippen LogP contribution in [0, 0.1) is 6.92 Å². The average molecular weight is 474 g/mol. The van der Waals surface area contributed by atoms with Gasteiger partial charge in [-0.1, -0.05) is 36.4 Å². The second-order valence-electron chi connectivity index (χ2n) is 7.73. The number of fused-ring (bicyclic) bond motifs is 1. The van der Waals surface area contributed by atoms with Crippen molar-refractivity contribution in [3.05, 3.63) is 71.8 Å². The van der Waals surface area contributed by atoms with E-state index in [0.717, 1.165) is 10.8 Å². The van der Waals surface area contributed by atoms with Crippen LogP contribution in [-0.4, -0.2) is 58.1 Å². The fourth-order valence-corrected chi connectivity index (χ4v) is 5.79. The highest BCUT2D eigenvalue weighted by molar-refractivity contribution is 7.89. The molecule has 0 bridgehead atoms. The maximum Gasteiger partial charge on any atom is 0.254 e. The number of piperazine rings is 1. The topological polar surface area (TPSA) is 118 Å². The van der Waals surface area contributed by atoms with Crippen LogP contribution in [0.15, 0.2) is 70.5 Å². The molecule has 0 aromatic heterocycles. The normalized spacial score (nSPS) is 15.8. The Morgan fingerprint density at radius 1 is 0.812 bits per heavy atom. The van der Waals surface area contributed by atoms with Crippen LogP contribution in [0.3, 0.4) is 0 Å². The number of carbonyl (C=O) groups is 1. The zero-order chi connectivity index (χ0) is 23.1. The van der Waals surface area contributed by atoms with E-state index in [-0.39, 0.29) is 47.4 Å². The molecule has 0 radical (unpaired) electrons. The number of amides is 1. The van der Waals surface area contributed by atoms with Gasteiger partial charge in [-0.3, -0.25) is 4.79 Å². The molecule has 1 aliphatic rings. The second-order valence-corrected chi connectivity index (χ2v) is 11.2. The number of aryl methyl sites for hydroxylation is 1. The first-order valence-corrected chi connectivity index (χ1v) is 13.0. The molecule has 0 spiro atoms. The van der Waals surface area contributed by atoms with E-state index < -0.39 is 20.0 Å².